The van der Waals surface area contributed by atoms with E-state index in [1.807, 2.05) is 50.5 Å². The fourth-order valence-electron chi connectivity index (χ4n) is 2.67. The highest BCUT2D eigenvalue weighted by atomic mass is 16.5. The Hall–Kier alpha value is -3.09. The Bertz CT molecular complexity index is 904. The summed E-state index contributed by atoms with van der Waals surface area (Å²) in [6.45, 7) is 2.36. The standard InChI is InChI=1S/C18H21N5O2/c1-4-13-9-16(14-7-5-6-8-15(14)20-13)21-18(24)19-10-12-11-23(2)22-17(12)25-3/h5-9,11H,4,10H2,1-3H3,(H2,19,20,21,24). The van der Waals surface area contributed by atoms with E-state index in [-0.39, 0.29) is 6.03 Å². The summed E-state index contributed by atoms with van der Waals surface area (Å²) in [5, 5.41) is 10.8. The van der Waals surface area contributed by atoms with Crippen molar-refractivity contribution in [3.63, 3.8) is 0 Å². The minimum atomic E-state index is -0.288. The topological polar surface area (TPSA) is 81.1 Å². The zero-order chi connectivity index (χ0) is 17.8. The molecule has 0 aliphatic rings. The van der Waals surface area contributed by atoms with Crippen LogP contribution in [0.25, 0.3) is 10.9 Å². The Kier molecular flexibility index (Phi) is 4.83. The second kappa shape index (κ2) is 7.21. The van der Waals surface area contributed by atoms with Crippen LogP contribution in [0, 0.1) is 0 Å². The number of hydrogen-bond acceptors (Lipinski definition) is 4. The summed E-state index contributed by atoms with van der Waals surface area (Å²) in [7, 11) is 3.36. The SMILES string of the molecule is CCc1cc(NC(=O)NCc2cn(C)nc2OC)c2ccccc2n1. The van der Waals surface area contributed by atoms with Gasteiger partial charge in [0.25, 0.3) is 0 Å². The van der Waals surface area contributed by atoms with Gasteiger partial charge in [-0.2, -0.15) is 0 Å². The number of benzene rings is 1. The maximum atomic E-state index is 12.3. The number of ether oxygens (including phenoxy) is 1. The molecule has 0 fully saturated rings. The zero-order valence-electron chi connectivity index (χ0n) is 14.5. The molecule has 2 amide bonds. The molecule has 0 atom stereocenters. The number of para-hydroxylation sites is 1. The molecule has 0 bridgehead atoms. The summed E-state index contributed by atoms with van der Waals surface area (Å²) in [5.74, 6) is 0.505. The number of nitrogens with one attached hydrogen (secondary N) is 2. The highest BCUT2D eigenvalue weighted by Crippen LogP contribution is 2.23. The van der Waals surface area contributed by atoms with Crippen molar-refractivity contribution in [2.45, 2.75) is 19.9 Å². The number of hydrogen-bond donors (Lipinski definition) is 2. The molecule has 3 rings (SSSR count). The van der Waals surface area contributed by atoms with Crippen molar-refractivity contribution in [1.29, 1.82) is 0 Å². The lowest BCUT2D eigenvalue weighted by Gasteiger charge is -2.11. The Morgan fingerprint density at radius 1 is 1.32 bits per heavy atom. The largest absolute Gasteiger partial charge is 0.480 e. The van der Waals surface area contributed by atoms with E-state index in [4.69, 9.17) is 4.74 Å². The Labute approximate surface area is 146 Å². The van der Waals surface area contributed by atoms with Gasteiger partial charge in [-0.3, -0.25) is 9.67 Å². The molecule has 1 aromatic carbocycles. The lowest BCUT2D eigenvalue weighted by molar-refractivity contribution is 0.251. The van der Waals surface area contributed by atoms with Crippen molar-refractivity contribution >= 4 is 22.6 Å². The van der Waals surface area contributed by atoms with Crippen LogP contribution in [0.4, 0.5) is 10.5 Å². The van der Waals surface area contributed by atoms with Crippen LogP contribution < -0.4 is 15.4 Å². The third-order valence-electron chi connectivity index (χ3n) is 3.88. The van der Waals surface area contributed by atoms with Gasteiger partial charge >= 0.3 is 6.03 Å². The summed E-state index contributed by atoms with van der Waals surface area (Å²) in [5.41, 5.74) is 3.36. The molecule has 0 saturated carbocycles. The van der Waals surface area contributed by atoms with Gasteiger partial charge in [-0.25, -0.2) is 4.79 Å². The van der Waals surface area contributed by atoms with Gasteiger partial charge in [0.15, 0.2) is 0 Å². The summed E-state index contributed by atoms with van der Waals surface area (Å²) < 4.78 is 6.84. The first-order chi connectivity index (χ1) is 12.1. The van der Waals surface area contributed by atoms with Crippen molar-refractivity contribution in [2.75, 3.05) is 12.4 Å². The van der Waals surface area contributed by atoms with E-state index in [9.17, 15) is 4.79 Å². The van der Waals surface area contributed by atoms with Crippen LogP contribution in [0.15, 0.2) is 36.5 Å². The molecular weight excluding hydrogens is 318 g/mol. The first kappa shape index (κ1) is 16.8. The first-order valence-corrected chi connectivity index (χ1v) is 8.10. The Morgan fingerprint density at radius 2 is 2.12 bits per heavy atom. The van der Waals surface area contributed by atoms with Gasteiger partial charge in [0, 0.05) is 24.3 Å². The van der Waals surface area contributed by atoms with Crippen LogP contribution in [0.1, 0.15) is 18.2 Å². The summed E-state index contributed by atoms with van der Waals surface area (Å²) >= 11 is 0. The predicted molar refractivity (Wildman–Crippen MR) is 96.7 cm³/mol. The molecular formula is C18H21N5O2. The van der Waals surface area contributed by atoms with E-state index in [2.05, 4.69) is 20.7 Å². The second-order valence-electron chi connectivity index (χ2n) is 5.68. The number of aromatic nitrogens is 3. The van der Waals surface area contributed by atoms with E-state index in [1.165, 1.54) is 0 Å². The van der Waals surface area contributed by atoms with Gasteiger partial charge in [0.1, 0.15) is 0 Å². The van der Waals surface area contributed by atoms with Gasteiger partial charge < -0.3 is 15.4 Å². The number of urea groups is 1. The van der Waals surface area contributed by atoms with E-state index in [0.717, 1.165) is 34.3 Å². The molecule has 0 unspecified atom stereocenters. The highest BCUT2D eigenvalue weighted by Gasteiger charge is 2.11. The molecule has 2 N–H and O–H groups in total. The van der Waals surface area contributed by atoms with Crippen molar-refractivity contribution in [2.24, 2.45) is 7.05 Å². The molecule has 25 heavy (non-hydrogen) atoms. The molecule has 2 aromatic heterocycles. The number of pyridine rings is 1. The fourth-order valence-corrected chi connectivity index (χ4v) is 2.67. The number of nitrogens with zero attached hydrogens (tertiary/aromatic N) is 3. The molecule has 0 aliphatic heterocycles. The van der Waals surface area contributed by atoms with E-state index >= 15 is 0 Å². The number of carbonyl (C=O) groups is 1. The Balaban J connectivity index is 1.75. The van der Waals surface area contributed by atoms with Crippen molar-refractivity contribution in [3.8, 4) is 5.88 Å². The molecule has 3 aromatic rings. The van der Waals surface area contributed by atoms with Crippen molar-refractivity contribution in [3.05, 3.63) is 47.8 Å². The molecule has 0 spiro atoms. The number of rotatable bonds is 5. The number of aryl methyl sites for hydroxylation is 2. The molecule has 0 aliphatic carbocycles. The zero-order valence-corrected chi connectivity index (χ0v) is 14.5. The number of methoxy groups -OCH3 is 1. The summed E-state index contributed by atoms with van der Waals surface area (Å²) in [6.07, 6.45) is 2.62. The molecule has 7 heteroatoms. The first-order valence-electron chi connectivity index (χ1n) is 8.10. The number of carbonyl (C=O) groups excluding carboxylic acids is 1. The average Bonchev–Trinajstić information content (AvgIpc) is 2.99. The van der Waals surface area contributed by atoms with Gasteiger partial charge in [0.05, 0.1) is 30.4 Å². The lowest BCUT2D eigenvalue weighted by atomic mass is 10.1. The maximum absolute atomic E-state index is 12.3. The minimum absolute atomic E-state index is 0.288. The highest BCUT2D eigenvalue weighted by molar-refractivity contribution is 6.00. The van der Waals surface area contributed by atoms with Gasteiger partial charge in [-0.05, 0) is 18.6 Å². The Morgan fingerprint density at radius 3 is 2.88 bits per heavy atom. The van der Waals surface area contributed by atoms with Crippen LogP contribution in [0.5, 0.6) is 5.88 Å². The minimum Gasteiger partial charge on any atom is -0.480 e. The molecule has 7 nitrogen and oxygen atoms in total. The predicted octanol–water partition coefficient (Wildman–Crippen LogP) is 2.86. The second-order valence-corrected chi connectivity index (χ2v) is 5.68. The maximum Gasteiger partial charge on any atom is 0.319 e. The fraction of sp³-hybridized carbons (Fsp3) is 0.278. The smallest absolute Gasteiger partial charge is 0.319 e. The third-order valence-corrected chi connectivity index (χ3v) is 3.88. The molecule has 2 heterocycles. The normalized spacial score (nSPS) is 10.7. The van der Waals surface area contributed by atoms with Crippen molar-refractivity contribution in [1.82, 2.24) is 20.1 Å². The van der Waals surface area contributed by atoms with E-state index in [0.29, 0.717) is 12.4 Å². The molecule has 130 valence electrons. The van der Waals surface area contributed by atoms with Gasteiger partial charge in [-0.15, -0.1) is 5.10 Å². The lowest BCUT2D eigenvalue weighted by Crippen LogP contribution is -2.28. The molecule has 0 saturated heterocycles. The van der Waals surface area contributed by atoms with Gasteiger partial charge in [0.2, 0.25) is 5.88 Å². The van der Waals surface area contributed by atoms with Crippen LogP contribution in [-0.2, 0) is 20.0 Å². The quantitative estimate of drug-likeness (QED) is 0.749. The third kappa shape index (κ3) is 3.71. The number of anilines is 1. The number of amides is 2. The van der Waals surface area contributed by atoms with Crippen LogP contribution in [0.2, 0.25) is 0 Å². The average molecular weight is 339 g/mol. The van der Waals surface area contributed by atoms with Gasteiger partial charge in [-0.1, -0.05) is 25.1 Å². The number of fused-ring (bicyclic) bond motifs is 1. The van der Waals surface area contributed by atoms with Crippen LogP contribution in [-0.4, -0.2) is 27.9 Å². The molecule has 0 radical (unpaired) electrons. The van der Waals surface area contributed by atoms with Crippen molar-refractivity contribution < 1.29 is 9.53 Å². The monoisotopic (exact) mass is 339 g/mol. The van der Waals surface area contributed by atoms with E-state index in [1.54, 1.807) is 11.8 Å². The summed E-state index contributed by atoms with van der Waals surface area (Å²) in [4.78, 5) is 16.9. The summed E-state index contributed by atoms with van der Waals surface area (Å²) in [6, 6.07) is 9.38. The van der Waals surface area contributed by atoms with Crippen LogP contribution in [0.3, 0.4) is 0 Å². The van der Waals surface area contributed by atoms with Crippen LogP contribution >= 0.6 is 0 Å². The van der Waals surface area contributed by atoms with E-state index < -0.39 is 0 Å².